The molecule has 0 N–H and O–H groups in total. The molecule has 0 bridgehead atoms. The Hall–Kier alpha value is -0.0800. The highest BCUT2D eigenvalue weighted by atomic mass is 15.3. The van der Waals surface area contributed by atoms with E-state index in [1.807, 2.05) is 0 Å². The van der Waals surface area contributed by atoms with Gasteiger partial charge in [-0.1, -0.05) is 12.8 Å². The van der Waals surface area contributed by atoms with Gasteiger partial charge in [0.05, 0.1) is 0 Å². The molecule has 2 saturated carbocycles. The van der Waals surface area contributed by atoms with Crippen molar-refractivity contribution < 1.29 is 0 Å². The van der Waals surface area contributed by atoms with Crippen LogP contribution in [0.15, 0.2) is 0 Å². The van der Waals surface area contributed by atoms with Crippen LogP contribution in [0.1, 0.15) is 38.5 Å². The minimum Gasteiger partial charge on any atom is -0.295 e. The third-order valence-electron chi connectivity index (χ3n) is 4.50. The molecule has 14 heavy (non-hydrogen) atoms. The van der Waals surface area contributed by atoms with Crippen LogP contribution in [0, 0.1) is 5.92 Å². The summed E-state index contributed by atoms with van der Waals surface area (Å²) >= 11 is 0. The van der Waals surface area contributed by atoms with Gasteiger partial charge in [-0.3, -0.25) is 4.90 Å². The second-order valence-corrected chi connectivity index (χ2v) is 5.21. The first kappa shape index (κ1) is 9.17. The zero-order valence-electron chi connectivity index (χ0n) is 8.99. The van der Waals surface area contributed by atoms with E-state index in [1.165, 1.54) is 45.1 Å². The lowest BCUT2D eigenvalue weighted by Crippen LogP contribution is -2.58. The predicted octanol–water partition coefficient (Wildman–Crippen LogP) is 1.63. The topological polar surface area (TPSA) is 17.3 Å². The van der Waals surface area contributed by atoms with Crippen LogP contribution >= 0.6 is 0 Å². The zero-order valence-corrected chi connectivity index (χ0v) is 8.99. The molecule has 0 spiro atoms. The number of hydrogen-bond donors (Lipinski definition) is 0. The van der Waals surface area contributed by atoms with Crippen LogP contribution in [0.2, 0.25) is 0 Å². The Morgan fingerprint density at radius 3 is 2.36 bits per heavy atom. The Bertz CT molecular complexity index is 174. The highest BCUT2D eigenvalue weighted by Crippen LogP contribution is 2.36. The molecule has 2 heteroatoms. The minimum absolute atomic E-state index is 0.836. The van der Waals surface area contributed by atoms with Crippen molar-refractivity contribution in [2.45, 2.75) is 50.6 Å². The van der Waals surface area contributed by atoms with Crippen LogP contribution in [-0.2, 0) is 0 Å². The van der Waals surface area contributed by atoms with Crippen LogP contribution in [-0.4, -0.2) is 36.6 Å². The number of piperazine rings is 1. The fraction of sp³-hybridized carbons (Fsp3) is 1.00. The van der Waals surface area contributed by atoms with E-state index in [9.17, 15) is 0 Å². The van der Waals surface area contributed by atoms with E-state index in [0.717, 1.165) is 31.1 Å². The van der Waals surface area contributed by atoms with E-state index < -0.39 is 0 Å². The maximum absolute atomic E-state index is 4.61. The van der Waals surface area contributed by atoms with Crippen LogP contribution in [0.5, 0.6) is 0 Å². The molecule has 1 unspecified atom stereocenters. The summed E-state index contributed by atoms with van der Waals surface area (Å²) in [6, 6.07) is 1.78. The fourth-order valence-corrected chi connectivity index (χ4v) is 3.10. The SMILES string of the molecule is C1CC(C2C[N]CCN2C2CCC2)C1. The summed E-state index contributed by atoms with van der Waals surface area (Å²) in [5.74, 6) is 1.000. The van der Waals surface area contributed by atoms with Gasteiger partial charge in [0.1, 0.15) is 0 Å². The molecule has 0 amide bonds. The lowest BCUT2D eigenvalue weighted by Gasteiger charge is -2.49. The second-order valence-electron chi connectivity index (χ2n) is 5.21. The summed E-state index contributed by atoms with van der Waals surface area (Å²) in [6.45, 7) is 3.49. The maximum Gasteiger partial charge on any atom is 0.0293 e. The van der Waals surface area contributed by atoms with Crippen molar-refractivity contribution in [3.63, 3.8) is 0 Å². The lowest BCUT2D eigenvalue weighted by molar-refractivity contribution is 0.00934. The zero-order chi connectivity index (χ0) is 9.38. The van der Waals surface area contributed by atoms with Gasteiger partial charge in [0, 0.05) is 31.7 Å². The van der Waals surface area contributed by atoms with Gasteiger partial charge in [-0.2, -0.15) is 0 Å². The van der Waals surface area contributed by atoms with E-state index in [2.05, 4.69) is 10.2 Å². The maximum atomic E-state index is 4.61. The molecule has 2 aliphatic carbocycles. The van der Waals surface area contributed by atoms with Crippen molar-refractivity contribution in [2.24, 2.45) is 5.92 Å². The Balaban J connectivity index is 1.64. The monoisotopic (exact) mass is 193 g/mol. The van der Waals surface area contributed by atoms with Crippen molar-refractivity contribution in [1.29, 1.82) is 0 Å². The van der Waals surface area contributed by atoms with Crippen molar-refractivity contribution in [2.75, 3.05) is 19.6 Å². The highest BCUT2D eigenvalue weighted by Gasteiger charge is 2.38. The molecular weight excluding hydrogens is 172 g/mol. The van der Waals surface area contributed by atoms with Crippen molar-refractivity contribution in [3.8, 4) is 0 Å². The summed E-state index contributed by atoms with van der Waals surface area (Å²) < 4.78 is 0. The molecule has 3 rings (SSSR count). The standard InChI is InChI=1S/C12H21N2/c1-3-10(4-1)12-9-13-7-8-14(12)11-5-2-6-11/h10-12H,1-9H2. The minimum atomic E-state index is 0.836. The number of hydrogen-bond acceptors (Lipinski definition) is 1. The number of nitrogens with zero attached hydrogens (tertiary/aromatic N) is 2. The Morgan fingerprint density at radius 2 is 1.79 bits per heavy atom. The Labute approximate surface area is 87.0 Å². The molecule has 1 saturated heterocycles. The fourth-order valence-electron chi connectivity index (χ4n) is 3.10. The average molecular weight is 193 g/mol. The van der Waals surface area contributed by atoms with Gasteiger partial charge >= 0.3 is 0 Å². The van der Waals surface area contributed by atoms with E-state index in [1.54, 1.807) is 0 Å². The van der Waals surface area contributed by atoms with Crippen LogP contribution in [0.4, 0.5) is 0 Å². The molecule has 0 aromatic heterocycles. The predicted molar refractivity (Wildman–Crippen MR) is 57.3 cm³/mol. The van der Waals surface area contributed by atoms with E-state index >= 15 is 0 Å². The molecule has 1 radical (unpaired) electrons. The quantitative estimate of drug-likeness (QED) is 0.651. The largest absolute Gasteiger partial charge is 0.295 e. The van der Waals surface area contributed by atoms with Gasteiger partial charge in [-0.15, -0.1) is 0 Å². The van der Waals surface area contributed by atoms with Gasteiger partial charge in [-0.25, -0.2) is 5.32 Å². The molecule has 3 fully saturated rings. The first-order chi connectivity index (χ1) is 6.95. The molecule has 1 aliphatic heterocycles. The molecule has 79 valence electrons. The first-order valence-corrected chi connectivity index (χ1v) is 6.34. The Kier molecular flexibility index (Phi) is 2.50. The van der Waals surface area contributed by atoms with E-state index in [4.69, 9.17) is 0 Å². The Morgan fingerprint density at radius 1 is 1.00 bits per heavy atom. The molecule has 1 atom stereocenters. The molecule has 0 aromatic rings. The lowest BCUT2D eigenvalue weighted by atomic mass is 9.76. The summed E-state index contributed by atoms with van der Waals surface area (Å²) in [7, 11) is 0. The summed E-state index contributed by atoms with van der Waals surface area (Å²) in [5, 5.41) is 4.61. The van der Waals surface area contributed by atoms with E-state index in [0.29, 0.717) is 0 Å². The van der Waals surface area contributed by atoms with Crippen molar-refractivity contribution >= 4 is 0 Å². The van der Waals surface area contributed by atoms with Crippen molar-refractivity contribution in [1.82, 2.24) is 10.2 Å². The van der Waals surface area contributed by atoms with Crippen LogP contribution in [0.3, 0.4) is 0 Å². The van der Waals surface area contributed by atoms with Crippen LogP contribution in [0.25, 0.3) is 0 Å². The third-order valence-corrected chi connectivity index (χ3v) is 4.50. The summed E-state index contributed by atoms with van der Waals surface area (Å²) in [4.78, 5) is 2.81. The summed E-state index contributed by atoms with van der Waals surface area (Å²) in [5.41, 5.74) is 0. The first-order valence-electron chi connectivity index (χ1n) is 6.34. The second kappa shape index (κ2) is 3.82. The molecular formula is C12H21N2. The van der Waals surface area contributed by atoms with Gasteiger partial charge in [-0.05, 0) is 31.6 Å². The molecule has 2 nitrogen and oxygen atoms in total. The average Bonchev–Trinajstić information content (AvgIpc) is 2.01. The smallest absolute Gasteiger partial charge is 0.0293 e. The van der Waals surface area contributed by atoms with E-state index in [-0.39, 0.29) is 0 Å². The molecule has 1 heterocycles. The van der Waals surface area contributed by atoms with Gasteiger partial charge in [0.2, 0.25) is 0 Å². The third kappa shape index (κ3) is 1.49. The van der Waals surface area contributed by atoms with Gasteiger partial charge in [0.25, 0.3) is 0 Å². The molecule has 0 aromatic carbocycles. The van der Waals surface area contributed by atoms with Crippen molar-refractivity contribution in [3.05, 3.63) is 0 Å². The van der Waals surface area contributed by atoms with Gasteiger partial charge in [0.15, 0.2) is 0 Å². The normalized spacial score (nSPS) is 36.4. The summed E-state index contributed by atoms with van der Waals surface area (Å²) in [6.07, 6.45) is 8.81. The van der Waals surface area contributed by atoms with Crippen LogP contribution < -0.4 is 5.32 Å². The molecule has 3 aliphatic rings. The highest BCUT2D eigenvalue weighted by molar-refractivity contribution is 4.94. The number of rotatable bonds is 2. The van der Waals surface area contributed by atoms with Gasteiger partial charge < -0.3 is 0 Å².